The molecule has 0 spiro atoms. The minimum absolute atomic E-state index is 0.192. The number of carbonyl (C=O) groups excluding carboxylic acids is 2. The van der Waals surface area contributed by atoms with Gasteiger partial charge in [0.1, 0.15) is 5.82 Å². The van der Waals surface area contributed by atoms with Gasteiger partial charge in [-0.25, -0.2) is 0 Å². The Kier molecular flexibility index (Phi) is 5.92. The zero-order chi connectivity index (χ0) is 18.5. The number of para-hydroxylation sites is 1. The lowest BCUT2D eigenvalue weighted by atomic mass is 9.95. The quantitative estimate of drug-likeness (QED) is 0.758. The van der Waals surface area contributed by atoms with Crippen molar-refractivity contribution in [2.75, 3.05) is 11.1 Å². The molecule has 1 aliphatic carbocycles. The van der Waals surface area contributed by atoms with Gasteiger partial charge in [0.15, 0.2) is 5.16 Å². The molecule has 0 aliphatic heterocycles. The zero-order valence-electron chi connectivity index (χ0n) is 14.8. The number of nitrogens with one attached hydrogen (secondary N) is 1. The van der Waals surface area contributed by atoms with Crippen molar-refractivity contribution in [2.24, 2.45) is 5.73 Å². The Bertz CT molecular complexity index is 799. The van der Waals surface area contributed by atoms with Gasteiger partial charge in [0.2, 0.25) is 5.91 Å². The van der Waals surface area contributed by atoms with Gasteiger partial charge in [-0.05, 0) is 31.9 Å². The van der Waals surface area contributed by atoms with Gasteiger partial charge < -0.3 is 15.6 Å². The lowest BCUT2D eigenvalue weighted by Gasteiger charge is -2.24. The summed E-state index contributed by atoms with van der Waals surface area (Å²) < 4.78 is 2.16. The van der Waals surface area contributed by atoms with Gasteiger partial charge in [0.05, 0.1) is 17.0 Å². The van der Waals surface area contributed by atoms with Crippen molar-refractivity contribution in [3.05, 3.63) is 35.7 Å². The number of aryl methyl sites for hydroxylation is 1. The standard InChI is InChI=1S/C18H23N5O2S/c1-12-21-22-18(23(12)13-7-3-2-4-8-13)26-11-16(24)20-15-10-6-5-9-14(15)17(19)25/h5-6,9-10,13H,2-4,7-8,11H2,1H3,(H2,19,25)(H,20,24). The van der Waals surface area contributed by atoms with E-state index in [1.807, 2.05) is 6.92 Å². The highest BCUT2D eigenvalue weighted by Gasteiger charge is 2.22. The zero-order valence-corrected chi connectivity index (χ0v) is 15.6. The Morgan fingerprint density at radius 3 is 2.69 bits per heavy atom. The van der Waals surface area contributed by atoms with E-state index >= 15 is 0 Å². The Labute approximate surface area is 156 Å². The van der Waals surface area contributed by atoms with Crippen LogP contribution >= 0.6 is 11.8 Å². The number of hydrogen-bond acceptors (Lipinski definition) is 5. The van der Waals surface area contributed by atoms with E-state index in [4.69, 9.17) is 5.73 Å². The largest absolute Gasteiger partial charge is 0.366 e. The molecule has 7 nitrogen and oxygen atoms in total. The molecule has 1 aliphatic rings. The van der Waals surface area contributed by atoms with Crippen LogP contribution in [0.15, 0.2) is 29.4 Å². The number of nitrogens with two attached hydrogens (primary N) is 1. The first-order valence-electron chi connectivity index (χ1n) is 8.79. The number of aromatic nitrogens is 3. The van der Waals surface area contributed by atoms with Gasteiger partial charge in [-0.3, -0.25) is 9.59 Å². The van der Waals surface area contributed by atoms with E-state index in [0.717, 1.165) is 23.8 Å². The molecule has 26 heavy (non-hydrogen) atoms. The molecule has 2 amide bonds. The highest BCUT2D eigenvalue weighted by Crippen LogP contribution is 2.32. The van der Waals surface area contributed by atoms with Gasteiger partial charge >= 0.3 is 0 Å². The van der Waals surface area contributed by atoms with Crippen LogP contribution in [0.25, 0.3) is 0 Å². The van der Waals surface area contributed by atoms with Gasteiger partial charge in [0, 0.05) is 6.04 Å². The molecular formula is C18H23N5O2S. The lowest BCUT2D eigenvalue weighted by molar-refractivity contribution is -0.113. The molecule has 8 heteroatoms. The summed E-state index contributed by atoms with van der Waals surface area (Å²) in [5, 5.41) is 11.9. The van der Waals surface area contributed by atoms with Crippen LogP contribution in [-0.2, 0) is 4.79 Å². The first-order chi connectivity index (χ1) is 12.6. The van der Waals surface area contributed by atoms with E-state index < -0.39 is 5.91 Å². The highest BCUT2D eigenvalue weighted by molar-refractivity contribution is 7.99. The molecule has 138 valence electrons. The number of rotatable bonds is 6. The Balaban J connectivity index is 1.65. The summed E-state index contributed by atoms with van der Waals surface area (Å²) in [6.07, 6.45) is 5.98. The molecule has 3 N–H and O–H groups in total. The molecule has 0 bridgehead atoms. The van der Waals surface area contributed by atoms with E-state index in [-0.39, 0.29) is 11.7 Å². The minimum atomic E-state index is -0.568. The number of carbonyl (C=O) groups is 2. The van der Waals surface area contributed by atoms with Crippen LogP contribution in [0.4, 0.5) is 5.69 Å². The molecule has 2 aromatic rings. The summed E-state index contributed by atoms with van der Waals surface area (Å²) >= 11 is 1.36. The summed E-state index contributed by atoms with van der Waals surface area (Å²) in [7, 11) is 0. The van der Waals surface area contributed by atoms with Crippen LogP contribution in [0.5, 0.6) is 0 Å². The third kappa shape index (κ3) is 4.24. The molecule has 1 fully saturated rings. The van der Waals surface area contributed by atoms with Crippen LogP contribution in [0.3, 0.4) is 0 Å². The number of hydrogen-bond donors (Lipinski definition) is 2. The summed E-state index contributed by atoms with van der Waals surface area (Å²) in [6.45, 7) is 1.95. The second kappa shape index (κ2) is 8.35. The molecule has 0 unspecified atom stereocenters. The Morgan fingerprint density at radius 1 is 1.23 bits per heavy atom. The maximum Gasteiger partial charge on any atom is 0.250 e. The Morgan fingerprint density at radius 2 is 1.96 bits per heavy atom. The third-order valence-corrected chi connectivity index (χ3v) is 5.52. The monoisotopic (exact) mass is 373 g/mol. The predicted octanol–water partition coefficient (Wildman–Crippen LogP) is 2.92. The van der Waals surface area contributed by atoms with Crippen LogP contribution < -0.4 is 11.1 Å². The average molecular weight is 373 g/mol. The van der Waals surface area contributed by atoms with E-state index in [1.165, 1.54) is 31.0 Å². The van der Waals surface area contributed by atoms with Crippen molar-refractivity contribution >= 4 is 29.3 Å². The van der Waals surface area contributed by atoms with Gasteiger partial charge in [-0.2, -0.15) is 0 Å². The second-order valence-electron chi connectivity index (χ2n) is 6.44. The van der Waals surface area contributed by atoms with Crippen molar-refractivity contribution < 1.29 is 9.59 Å². The first kappa shape index (κ1) is 18.4. The van der Waals surface area contributed by atoms with E-state index in [9.17, 15) is 9.59 Å². The molecular weight excluding hydrogens is 350 g/mol. The smallest absolute Gasteiger partial charge is 0.250 e. The van der Waals surface area contributed by atoms with Crippen LogP contribution in [0, 0.1) is 6.92 Å². The second-order valence-corrected chi connectivity index (χ2v) is 7.38. The third-order valence-electron chi connectivity index (χ3n) is 4.57. The topological polar surface area (TPSA) is 103 Å². The number of nitrogens with zero attached hydrogens (tertiary/aromatic N) is 3. The first-order valence-corrected chi connectivity index (χ1v) is 9.78. The van der Waals surface area contributed by atoms with Gasteiger partial charge in [0.25, 0.3) is 5.91 Å². The molecule has 3 rings (SSSR count). The Hall–Kier alpha value is -2.35. The number of primary amides is 1. The van der Waals surface area contributed by atoms with E-state index in [1.54, 1.807) is 24.3 Å². The minimum Gasteiger partial charge on any atom is -0.366 e. The molecule has 1 saturated carbocycles. The molecule has 0 atom stereocenters. The summed E-state index contributed by atoms with van der Waals surface area (Å²) in [6, 6.07) is 7.13. The number of benzene rings is 1. The lowest BCUT2D eigenvalue weighted by Crippen LogP contribution is -2.20. The van der Waals surface area contributed by atoms with Crippen LogP contribution in [0.2, 0.25) is 0 Å². The van der Waals surface area contributed by atoms with Crippen molar-refractivity contribution in [3.63, 3.8) is 0 Å². The molecule has 1 aromatic heterocycles. The number of thioether (sulfide) groups is 1. The summed E-state index contributed by atoms with van der Waals surface area (Å²) in [5.74, 6) is 0.303. The van der Waals surface area contributed by atoms with Gasteiger partial charge in [-0.15, -0.1) is 10.2 Å². The van der Waals surface area contributed by atoms with Crippen molar-refractivity contribution in [1.29, 1.82) is 0 Å². The molecule has 0 radical (unpaired) electrons. The van der Waals surface area contributed by atoms with Crippen molar-refractivity contribution in [1.82, 2.24) is 14.8 Å². The maximum absolute atomic E-state index is 12.3. The van der Waals surface area contributed by atoms with Crippen molar-refractivity contribution in [3.8, 4) is 0 Å². The van der Waals surface area contributed by atoms with E-state index in [2.05, 4.69) is 20.1 Å². The molecule has 0 saturated heterocycles. The fourth-order valence-electron chi connectivity index (χ4n) is 3.33. The number of amides is 2. The molecule has 1 aromatic carbocycles. The predicted molar refractivity (Wildman–Crippen MR) is 101 cm³/mol. The fraction of sp³-hybridized carbons (Fsp3) is 0.444. The highest BCUT2D eigenvalue weighted by atomic mass is 32.2. The van der Waals surface area contributed by atoms with Crippen LogP contribution in [-0.4, -0.2) is 32.3 Å². The number of anilines is 1. The summed E-state index contributed by atoms with van der Waals surface area (Å²) in [4.78, 5) is 23.8. The average Bonchev–Trinajstić information content (AvgIpc) is 3.01. The van der Waals surface area contributed by atoms with E-state index in [0.29, 0.717) is 17.3 Å². The molecule has 1 heterocycles. The fourth-order valence-corrected chi connectivity index (χ4v) is 4.18. The van der Waals surface area contributed by atoms with Gasteiger partial charge in [-0.1, -0.05) is 43.2 Å². The maximum atomic E-state index is 12.3. The SMILES string of the molecule is Cc1nnc(SCC(=O)Nc2ccccc2C(N)=O)n1C1CCCCC1. The normalized spacial score (nSPS) is 15.0. The van der Waals surface area contributed by atoms with Crippen LogP contribution in [0.1, 0.15) is 54.3 Å². The summed E-state index contributed by atoms with van der Waals surface area (Å²) in [5.41, 5.74) is 6.07. The van der Waals surface area contributed by atoms with Crippen molar-refractivity contribution in [2.45, 2.75) is 50.2 Å².